The molecule has 0 aromatic heterocycles. The van der Waals surface area contributed by atoms with E-state index in [1.807, 2.05) is 49.4 Å². The summed E-state index contributed by atoms with van der Waals surface area (Å²) in [6.45, 7) is 5.45. The molecule has 2 aromatic rings. The highest BCUT2D eigenvalue weighted by atomic mass is 127. The Hall–Kier alpha value is -1.35. The quantitative estimate of drug-likeness (QED) is 0.263. The normalized spacial score (nSPS) is 15.7. The van der Waals surface area contributed by atoms with Crippen molar-refractivity contribution in [1.82, 2.24) is 4.90 Å². The highest BCUT2D eigenvalue weighted by Crippen LogP contribution is 2.39. The molecule has 7 heteroatoms. The molecule has 0 bridgehead atoms. The topological polar surface area (TPSA) is 70.0 Å². The van der Waals surface area contributed by atoms with Gasteiger partial charge >= 0.3 is 6.09 Å². The molecule has 0 aliphatic heterocycles. The van der Waals surface area contributed by atoms with Gasteiger partial charge in [-0.15, -0.1) is 0 Å². The van der Waals surface area contributed by atoms with E-state index in [0.29, 0.717) is 10.6 Å². The van der Waals surface area contributed by atoms with Crippen LogP contribution in [0, 0.1) is 0 Å². The van der Waals surface area contributed by atoms with Crippen LogP contribution in [0.1, 0.15) is 44.7 Å². The van der Waals surface area contributed by atoms with Gasteiger partial charge in [-0.05, 0) is 73.0 Å². The number of benzene rings is 2. The zero-order chi connectivity index (χ0) is 22.6. The van der Waals surface area contributed by atoms with Crippen molar-refractivity contribution in [2.24, 2.45) is 0 Å². The fourth-order valence-corrected chi connectivity index (χ4v) is 4.51. The Kier molecular flexibility index (Phi) is 8.18. The predicted molar refractivity (Wildman–Crippen MR) is 128 cm³/mol. The molecule has 0 radical (unpaired) electrons. The van der Waals surface area contributed by atoms with Crippen LogP contribution >= 0.6 is 34.2 Å². The molecule has 2 N–H and O–H groups in total. The fourth-order valence-electron chi connectivity index (χ4n) is 3.59. The van der Waals surface area contributed by atoms with Crippen LogP contribution < -0.4 is 0 Å². The van der Waals surface area contributed by atoms with Crippen molar-refractivity contribution >= 4 is 40.3 Å². The van der Waals surface area contributed by atoms with Crippen molar-refractivity contribution in [2.75, 3.05) is 13.7 Å². The zero-order valence-electron chi connectivity index (χ0n) is 17.7. The van der Waals surface area contributed by atoms with Crippen LogP contribution in [0.4, 0.5) is 4.79 Å². The number of hydrogen-bond acceptors (Lipinski definition) is 4. The first-order chi connectivity index (χ1) is 13.9. The first-order valence-corrected chi connectivity index (χ1v) is 11.2. The molecular weight excluding hydrogens is 517 g/mol. The van der Waals surface area contributed by atoms with Crippen molar-refractivity contribution < 1.29 is 19.7 Å². The standard InChI is InChI=1S/C23H29ClINO4/c1-21(2,28)16-23(29,18-8-6-5-7-9-18)14-15-26(20(27)30-4)22(3,25)17-10-12-19(24)13-11-17/h5-13,28-29H,14-16H2,1-4H3/t22-,23?/m1/s1. The lowest BCUT2D eigenvalue weighted by Gasteiger charge is -2.40. The summed E-state index contributed by atoms with van der Waals surface area (Å²) in [7, 11) is 1.34. The Morgan fingerprint density at radius 2 is 1.60 bits per heavy atom. The number of nitrogens with zero attached hydrogens (tertiary/aromatic N) is 1. The van der Waals surface area contributed by atoms with Gasteiger partial charge in [-0.25, -0.2) is 4.79 Å². The molecule has 1 amide bonds. The van der Waals surface area contributed by atoms with Crippen molar-refractivity contribution in [1.29, 1.82) is 0 Å². The Morgan fingerprint density at radius 1 is 1.03 bits per heavy atom. The molecule has 0 fully saturated rings. The van der Waals surface area contributed by atoms with E-state index in [0.717, 1.165) is 5.56 Å². The molecular formula is C23H29ClINO4. The Bertz CT molecular complexity index is 837. The van der Waals surface area contributed by atoms with Gasteiger partial charge in [-0.2, -0.15) is 0 Å². The van der Waals surface area contributed by atoms with Gasteiger partial charge in [0, 0.05) is 18.0 Å². The maximum absolute atomic E-state index is 12.7. The number of halogens is 2. The third-order valence-corrected chi connectivity index (χ3v) is 6.52. The van der Waals surface area contributed by atoms with Crippen LogP contribution in [0.2, 0.25) is 5.02 Å². The predicted octanol–water partition coefficient (Wildman–Crippen LogP) is 5.46. The van der Waals surface area contributed by atoms with Crippen molar-refractivity contribution in [2.45, 2.75) is 48.4 Å². The molecule has 0 saturated heterocycles. The highest BCUT2D eigenvalue weighted by molar-refractivity contribution is 14.1. The molecule has 0 spiro atoms. The lowest BCUT2D eigenvalue weighted by molar-refractivity contribution is -0.0605. The summed E-state index contributed by atoms with van der Waals surface area (Å²) in [5.74, 6) is 0. The van der Waals surface area contributed by atoms with E-state index >= 15 is 0 Å². The largest absolute Gasteiger partial charge is 0.453 e. The van der Waals surface area contributed by atoms with Crippen molar-refractivity contribution in [3.8, 4) is 0 Å². The van der Waals surface area contributed by atoms with E-state index in [1.165, 1.54) is 7.11 Å². The molecule has 0 aliphatic carbocycles. The Morgan fingerprint density at radius 3 is 2.10 bits per heavy atom. The summed E-state index contributed by atoms with van der Waals surface area (Å²) in [4.78, 5) is 14.3. The van der Waals surface area contributed by atoms with Crippen molar-refractivity contribution in [3.63, 3.8) is 0 Å². The number of hydrogen-bond donors (Lipinski definition) is 2. The molecule has 0 saturated carbocycles. The minimum atomic E-state index is -1.32. The van der Waals surface area contributed by atoms with E-state index in [2.05, 4.69) is 22.6 Å². The van der Waals surface area contributed by atoms with E-state index in [9.17, 15) is 15.0 Å². The smallest absolute Gasteiger partial charge is 0.410 e. The second-order valence-corrected chi connectivity index (χ2v) is 10.8. The number of carbonyl (C=O) groups excluding carboxylic acids is 1. The van der Waals surface area contributed by atoms with Crippen LogP contribution in [0.25, 0.3) is 0 Å². The third-order valence-electron chi connectivity index (χ3n) is 5.06. The molecule has 5 nitrogen and oxygen atoms in total. The number of amides is 1. The lowest BCUT2D eigenvalue weighted by atomic mass is 9.81. The third kappa shape index (κ3) is 6.33. The molecule has 1 unspecified atom stereocenters. The summed E-state index contributed by atoms with van der Waals surface area (Å²) in [5, 5.41) is 22.6. The maximum atomic E-state index is 12.7. The molecule has 0 heterocycles. The first-order valence-electron chi connectivity index (χ1n) is 9.70. The van der Waals surface area contributed by atoms with E-state index in [-0.39, 0.29) is 19.4 Å². The second kappa shape index (κ2) is 9.85. The van der Waals surface area contributed by atoms with Gasteiger partial charge in [0.1, 0.15) is 3.55 Å². The molecule has 2 aromatic carbocycles. The zero-order valence-corrected chi connectivity index (χ0v) is 20.6. The van der Waals surface area contributed by atoms with Crippen molar-refractivity contribution in [3.05, 3.63) is 70.7 Å². The Labute approximate surface area is 197 Å². The first kappa shape index (κ1) is 24.9. The number of ether oxygens (including phenoxy) is 1. The van der Waals surface area contributed by atoms with Gasteiger partial charge in [0.05, 0.1) is 18.3 Å². The Balaban J connectivity index is 2.36. The van der Waals surface area contributed by atoms with Gasteiger partial charge in [0.15, 0.2) is 0 Å². The van der Waals surface area contributed by atoms with Gasteiger partial charge in [0.2, 0.25) is 0 Å². The SMILES string of the molecule is COC(=O)N(CCC(O)(CC(C)(C)O)c1ccccc1)[C@@](C)(I)c1ccc(Cl)cc1. The summed E-state index contributed by atoms with van der Waals surface area (Å²) < 4.78 is 4.31. The van der Waals surface area contributed by atoms with E-state index in [4.69, 9.17) is 16.3 Å². The average Bonchev–Trinajstić information content (AvgIpc) is 2.67. The highest BCUT2D eigenvalue weighted by Gasteiger charge is 2.40. The number of carbonyl (C=O) groups is 1. The molecule has 2 atom stereocenters. The minimum Gasteiger partial charge on any atom is -0.453 e. The molecule has 30 heavy (non-hydrogen) atoms. The summed E-state index contributed by atoms with van der Waals surface area (Å²) in [6, 6.07) is 16.5. The van der Waals surface area contributed by atoms with Gasteiger partial charge in [0.25, 0.3) is 0 Å². The van der Waals surface area contributed by atoms with Crippen LogP contribution in [-0.4, -0.2) is 40.5 Å². The minimum absolute atomic E-state index is 0.123. The van der Waals surface area contributed by atoms with Crippen LogP contribution in [0.3, 0.4) is 0 Å². The lowest BCUT2D eigenvalue weighted by Crippen LogP contribution is -2.47. The summed E-state index contributed by atoms with van der Waals surface area (Å²) >= 11 is 8.22. The summed E-state index contributed by atoms with van der Waals surface area (Å²) in [6.07, 6.45) is -0.152. The average molecular weight is 546 g/mol. The molecule has 0 aliphatic rings. The number of methoxy groups -OCH3 is 1. The van der Waals surface area contributed by atoms with Gasteiger partial charge in [-0.1, -0.05) is 54.1 Å². The van der Waals surface area contributed by atoms with Gasteiger partial charge in [-0.3, -0.25) is 4.90 Å². The number of aliphatic hydroxyl groups is 2. The van der Waals surface area contributed by atoms with E-state index < -0.39 is 20.8 Å². The van der Waals surface area contributed by atoms with Crippen LogP contribution in [0.5, 0.6) is 0 Å². The number of alkyl halides is 1. The second-order valence-electron chi connectivity index (χ2n) is 8.22. The fraction of sp³-hybridized carbons (Fsp3) is 0.435. The maximum Gasteiger partial charge on any atom is 0.410 e. The molecule has 164 valence electrons. The van der Waals surface area contributed by atoms with E-state index in [1.54, 1.807) is 30.9 Å². The van der Waals surface area contributed by atoms with Gasteiger partial charge < -0.3 is 14.9 Å². The molecule has 2 rings (SSSR count). The van der Waals surface area contributed by atoms with Crippen LogP contribution in [0.15, 0.2) is 54.6 Å². The van der Waals surface area contributed by atoms with Crippen LogP contribution in [-0.2, 0) is 13.9 Å². The monoisotopic (exact) mass is 545 g/mol. The number of rotatable bonds is 8. The summed E-state index contributed by atoms with van der Waals surface area (Å²) in [5.41, 5.74) is -0.842.